The van der Waals surface area contributed by atoms with Crippen molar-refractivity contribution in [2.45, 2.75) is 115 Å². The lowest BCUT2D eigenvalue weighted by atomic mass is 9.42. The van der Waals surface area contributed by atoms with Crippen molar-refractivity contribution < 1.29 is 95.9 Å². The zero-order chi connectivity index (χ0) is 40.1. The van der Waals surface area contributed by atoms with Gasteiger partial charge in [-0.05, 0) is 67.1 Å². The van der Waals surface area contributed by atoms with Crippen LogP contribution in [0.3, 0.4) is 0 Å². The maximum atomic E-state index is 11.7. The molecular weight excluding hydrogens is 713 g/mol. The van der Waals surface area contributed by atoms with Crippen molar-refractivity contribution in [1.29, 1.82) is 0 Å². The highest BCUT2D eigenvalue weighted by Gasteiger charge is 2.67. The topological polar surface area (TPSA) is 230 Å². The summed E-state index contributed by atoms with van der Waals surface area (Å²) >= 11 is 0. The number of carboxylic acids is 3. The number of halogens is 9. The van der Waals surface area contributed by atoms with Crippen molar-refractivity contribution in [3.05, 3.63) is 0 Å². The average molecular weight is 762 g/mol. The van der Waals surface area contributed by atoms with Crippen LogP contribution in [0.4, 0.5) is 39.5 Å². The molecule has 11 atom stereocenters. The SMILES string of the molecule is COC(=O)CC[C@@H](C)[C@H]1CC[C@H]2[C@@H]3[C@H]([NH3+])C[C@@H]4C[C@H]([NH3+])CC[C@]4(C)[C@H]3C[C@H]([NH3+])[C@]12C.O=C([O-])C(F)(F)F.O=C([O-])C(F)(F)F.O=C([O-])C(F)(F)F. The molecule has 4 rings (SSSR count). The molecule has 0 heterocycles. The fourth-order valence-corrected chi connectivity index (χ4v) is 9.26. The maximum absolute atomic E-state index is 11.7. The standard InChI is InChI=1S/C25H45N3O2.3C2HF3O2/c1-14(5-8-22(29)30-4)17-6-7-18-23-19(13-21(28)25(17,18)3)24(2)10-9-16(26)11-15(24)12-20(23)27;3*3-2(4,5)1(6)7/h14-21,23H,5-13,26-28H2,1-4H3;3*(H,6,7)/t14-,15+,16-,17-,18+,19+,20-,21+,23+,24+,25-;;;/m1.../s1. The van der Waals surface area contributed by atoms with Crippen molar-refractivity contribution in [2.75, 3.05) is 7.11 Å². The normalized spacial score (nSPS) is 34.9. The molecule has 0 saturated heterocycles. The lowest BCUT2D eigenvalue weighted by Crippen LogP contribution is -2.80. The van der Waals surface area contributed by atoms with Crippen molar-refractivity contribution in [3.8, 4) is 0 Å². The minimum absolute atomic E-state index is 0.0680. The molecule has 0 bridgehead atoms. The summed E-state index contributed by atoms with van der Waals surface area (Å²) in [6.07, 6.45) is -4.91. The Morgan fingerprint density at radius 3 is 1.63 bits per heavy atom. The Kier molecular flexibility index (Phi) is 15.7. The number of alkyl halides is 9. The van der Waals surface area contributed by atoms with Crippen LogP contribution in [0.25, 0.3) is 0 Å². The van der Waals surface area contributed by atoms with Gasteiger partial charge in [0.05, 0.1) is 25.2 Å². The van der Waals surface area contributed by atoms with Crippen molar-refractivity contribution in [1.82, 2.24) is 0 Å². The van der Waals surface area contributed by atoms with Crippen LogP contribution in [0, 0.1) is 46.3 Å². The molecule has 0 radical (unpaired) electrons. The lowest BCUT2D eigenvalue weighted by molar-refractivity contribution is -0.497. The predicted octanol–water partition coefficient (Wildman–Crippen LogP) is -0.818. The van der Waals surface area contributed by atoms with Crippen molar-refractivity contribution in [3.63, 3.8) is 0 Å². The Bertz CT molecular complexity index is 1160. The number of esters is 1. The largest absolute Gasteiger partial charge is 0.542 e. The summed E-state index contributed by atoms with van der Waals surface area (Å²) in [6.45, 7) is 7.55. The smallest absolute Gasteiger partial charge is 0.430 e. The maximum Gasteiger partial charge on any atom is 0.430 e. The number of methoxy groups -OCH3 is 1. The van der Waals surface area contributed by atoms with E-state index in [0.29, 0.717) is 47.2 Å². The van der Waals surface area contributed by atoms with Crippen LogP contribution < -0.4 is 32.5 Å². The summed E-state index contributed by atoms with van der Waals surface area (Å²) in [5.41, 5.74) is 14.8. The second-order valence-corrected chi connectivity index (χ2v) is 14.6. The first-order valence-electron chi connectivity index (χ1n) is 16.4. The molecule has 0 unspecified atom stereocenters. The van der Waals surface area contributed by atoms with E-state index < -0.39 is 36.4 Å². The van der Waals surface area contributed by atoms with Crippen LogP contribution in [0.2, 0.25) is 0 Å². The van der Waals surface area contributed by atoms with E-state index in [-0.39, 0.29) is 5.97 Å². The Balaban J connectivity index is 0.000000505. The number of quaternary nitrogens is 3. The number of carbonyl (C=O) groups is 4. The van der Waals surface area contributed by atoms with Gasteiger partial charge in [-0.2, -0.15) is 39.5 Å². The predicted molar refractivity (Wildman–Crippen MR) is 150 cm³/mol. The number of ether oxygens (including phenoxy) is 1. The van der Waals surface area contributed by atoms with Gasteiger partial charge < -0.3 is 51.6 Å². The molecule has 4 fully saturated rings. The molecular formula is C31H48F9N3O8. The summed E-state index contributed by atoms with van der Waals surface area (Å²) in [5.74, 6) is -4.76. The van der Waals surface area contributed by atoms with Gasteiger partial charge in [-0.3, -0.25) is 4.79 Å². The average Bonchev–Trinajstić information content (AvgIpc) is 3.35. The molecule has 0 amide bonds. The van der Waals surface area contributed by atoms with E-state index in [0.717, 1.165) is 30.1 Å². The van der Waals surface area contributed by atoms with Gasteiger partial charge >= 0.3 is 24.5 Å². The Hall–Kier alpha value is -2.87. The van der Waals surface area contributed by atoms with Crippen LogP contribution in [0.1, 0.15) is 78.6 Å². The monoisotopic (exact) mass is 761 g/mol. The van der Waals surface area contributed by atoms with Gasteiger partial charge in [-0.1, -0.05) is 20.8 Å². The fourth-order valence-electron chi connectivity index (χ4n) is 9.26. The number of hydrogen-bond acceptors (Lipinski definition) is 8. The Morgan fingerprint density at radius 1 is 0.765 bits per heavy atom. The Morgan fingerprint density at radius 2 is 1.22 bits per heavy atom. The van der Waals surface area contributed by atoms with E-state index in [1.165, 1.54) is 52.1 Å². The Labute approximate surface area is 288 Å². The second kappa shape index (κ2) is 17.3. The van der Waals surface area contributed by atoms with Gasteiger partial charge in [0.15, 0.2) is 0 Å². The van der Waals surface area contributed by atoms with Crippen LogP contribution in [0.15, 0.2) is 0 Å². The molecule has 0 aliphatic heterocycles. The minimum Gasteiger partial charge on any atom is -0.542 e. The first-order valence-corrected chi connectivity index (χ1v) is 16.4. The van der Waals surface area contributed by atoms with E-state index in [1.807, 2.05) is 0 Å². The van der Waals surface area contributed by atoms with Crippen LogP contribution in [0.5, 0.6) is 0 Å². The molecule has 0 spiro atoms. The van der Waals surface area contributed by atoms with Crippen LogP contribution >= 0.6 is 0 Å². The minimum atomic E-state index is -5.19. The lowest BCUT2D eigenvalue weighted by Gasteiger charge is -2.62. The van der Waals surface area contributed by atoms with Gasteiger partial charge in [0, 0.05) is 37.0 Å². The molecule has 51 heavy (non-hydrogen) atoms. The fraction of sp³-hybridized carbons (Fsp3) is 0.871. The van der Waals surface area contributed by atoms with Crippen molar-refractivity contribution >= 4 is 23.9 Å². The highest BCUT2D eigenvalue weighted by atomic mass is 19.4. The molecule has 0 aromatic heterocycles. The number of aliphatic carboxylic acids is 3. The van der Waals surface area contributed by atoms with E-state index in [1.54, 1.807) is 0 Å². The van der Waals surface area contributed by atoms with Gasteiger partial charge in [0.1, 0.15) is 17.9 Å². The highest BCUT2D eigenvalue weighted by molar-refractivity contribution is 5.71. The zero-order valence-corrected chi connectivity index (χ0v) is 28.8. The van der Waals surface area contributed by atoms with Gasteiger partial charge in [0.25, 0.3) is 0 Å². The van der Waals surface area contributed by atoms with Crippen LogP contribution in [-0.2, 0) is 23.9 Å². The summed E-state index contributed by atoms with van der Waals surface area (Å²) in [5, 5.41) is 26.4. The van der Waals surface area contributed by atoms with Gasteiger partial charge in [0.2, 0.25) is 0 Å². The summed E-state index contributed by atoms with van der Waals surface area (Å²) in [4.78, 5) is 38.1. The van der Waals surface area contributed by atoms with Crippen molar-refractivity contribution in [2.24, 2.45) is 46.3 Å². The first-order chi connectivity index (χ1) is 23.0. The summed E-state index contributed by atoms with van der Waals surface area (Å²) in [6, 6.07) is 1.74. The molecule has 4 saturated carbocycles. The molecule has 20 heteroatoms. The van der Waals surface area contributed by atoms with E-state index >= 15 is 0 Å². The van der Waals surface area contributed by atoms with E-state index in [2.05, 4.69) is 26.5 Å². The quantitative estimate of drug-likeness (QED) is 0.242. The number of fused-ring (bicyclic) bond motifs is 5. The molecule has 298 valence electrons. The molecule has 0 aromatic rings. The molecule has 4 aliphatic rings. The zero-order valence-electron chi connectivity index (χ0n) is 28.8. The third-order valence-corrected chi connectivity index (χ3v) is 11.8. The van der Waals surface area contributed by atoms with E-state index in [9.17, 15) is 44.3 Å². The second-order valence-electron chi connectivity index (χ2n) is 14.6. The number of hydrogen-bond donors (Lipinski definition) is 3. The highest BCUT2D eigenvalue weighted by Crippen LogP contribution is 2.67. The molecule has 4 aliphatic carbocycles. The molecule has 9 N–H and O–H groups in total. The summed E-state index contributed by atoms with van der Waals surface area (Å²) in [7, 11) is 1.50. The molecule has 0 aromatic carbocycles. The third-order valence-electron chi connectivity index (χ3n) is 11.8. The number of carbonyl (C=O) groups excluding carboxylic acids is 4. The van der Waals surface area contributed by atoms with Crippen LogP contribution in [-0.4, -0.2) is 67.6 Å². The number of rotatable bonds is 4. The summed E-state index contributed by atoms with van der Waals surface area (Å²) < 4.78 is 99.6. The molecule has 11 nitrogen and oxygen atoms in total. The third kappa shape index (κ3) is 11.6. The number of carboxylic acid groups (broad SMARTS) is 3. The van der Waals surface area contributed by atoms with E-state index in [4.69, 9.17) is 45.9 Å². The van der Waals surface area contributed by atoms with Gasteiger partial charge in [-0.15, -0.1) is 0 Å². The van der Waals surface area contributed by atoms with Gasteiger partial charge in [-0.25, -0.2) is 0 Å². The first kappa shape index (κ1) is 46.2.